The van der Waals surface area contributed by atoms with Crippen molar-refractivity contribution in [3.8, 4) is 5.75 Å². The first kappa shape index (κ1) is 14.4. The Morgan fingerprint density at radius 3 is 2.74 bits per heavy atom. The molecule has 0 saturated heterocycles. The predicted molar refractivity (Wildman–Crippen MR) is 77.4 cm³/mol. The fourth-order valence-electron chi connectivity index (χ4n) is 2.74. The summed E-state index contributed by atoms with van der Waals surface area (Å²) in [5.41, 5.74) is 0.882. The van der Waals surface area contributed by atoms with Gasteiger partial charge in [-0.3, -0.25) is 0 Å². The smallest absolute Gasteiger partial charge is 0.125 e. The van der Waals surface area contributed by atoms with Crippen molar-refractivity contribution in [2.45, 2.75) is 51.2 Å². The van der Waals surface area contributed by atoms with Gasteiger partial charge in [-0.25, -0.2) is 0 Å². The second-order valence-electron chi connectivity index (χ2n) is 5.23. The van der Waals surface area contributed by atoms with Crippen molar-refractivity contribution in [3.63, 3.8) is 0 Å². The molecular weight excluding hydrogens is 238 g/mol. The Balaban J connectivity index is 1.89. The minimum atomic E-state index is -0.496. The van der Waals surface area contributed by atoms with Gasteiger partial charge in [-0.15, -0.1) is 0 Å². The summed E-state index contributed by atoms with van der Waals surface area (Å²) in [6, 6.07) is 8.32. The van der Waals surface area contributed by atoms with Gasteiger partial charge in [0.1, 0.15) is 5.75 Å². The van der Waals surface area contributed by atoms with Gasteiger partial charge in [0.2, 0.25) is 0 Å². The summed E-state index contributed by atoms with van der Waals surface area (Å²) in [6.07, 6.45) is 5.95. The van der Waals surface area contributed by atoms with E-state index in [0.29, 0.717) is 19.2 Å². The summed E-state index contributed by atoms with van der Waals surface area (Å²) in [7, 11) is 0. The molecule has 1 aliphatic carbocycles. The maximum atomic E-state index is 10.3. The highest BCUT2D eigenvalue weighted by Gasteiger charge is 2.17. The fraction of sp³-hybridized carbons (Fsp3) is 0.625. The van der Waals surface area contributed by atoms with Gasteiger partial charge in [0.25, 0.3) is 0 Å². The van der Waals surface area contributed by atoms with Crippen LogP contribution in [0, 0.1) is 0 Å². The minimum Gasteiger partial charge on any atom is -0.493 e. The zero-order chi connectivity index (χ0) is 13.5. The second-order valence-corrected chi connectivity index (χ2v) is 5.23. The van der Waals surface area contributed by atoms with Crippen molar-refractivity contribution < 1.29 is 9.84 Å². The first-order valence-corrected chi connectivity index (χ1v) is 7.44. The Morgan fingerprint density at radius 1 is 1.26 bits per heavy atom. The summed E-state index contributed by atoms with van der Waals surface area (Å²) in [5.74, 6) is 0.794. The number of nitrogens with one attached hydrogen (secondary N) is 1. The molecule has 2 rings (SSSR count). The molecule has 0 heterocycles. The molecule has 0 aliphatic heterocycles. The van der Waals surface area contributed by atoms with Crippen LogP contribution in [0.2, 0.25) is 0 Å². The molecule has 2 N–H and O–H groups in total. The molecule has 0 amide bonds. The molecule has 3 heteroatoms. The summed E-state index contributed by atoms with van der Waals surface area (Å²) in [5, 5.41) is 13.8. The van der Waals surface area contributed by atoms with Crippen LogP contribution in [0.25, 0.3) is 0 Å². The Bertz CT molecular complexity index is 375. The van der Waals surface area contributed by atoms with Crippen molar-refractivity contribution >= 4 is 0 Å². The molecule has 1 aromatic rings. The van der Waals surface area contributed by atoms with E-state index in [1.54, 1.807) is 0 Å². The molecule has 1 fully saturated rings. The van der Waals surface area contributed by atoms with Gasteiger partial charge >= 0.3 is 0 Å². The van der Waals surface area contributed by atoms with Gasteiger partial charge in [0, 0.05) is 18.2 Å². The third kappa shape index (κ3) is 4.22. The van der Waals surface area contributed by atoms with Crippen LogP contribution < -0.4 is 10.1 Å². The van der Waals surface area contributed by atoms with Crippen molar-refractivity contribution in [1.82, 2.24) is 5.32 Å². The quantitative estimate of drug-likeness (QED) is 0.829. The number of benzene rings is 1. The SMILES string of the molecule is CCOc1ccccc1C(O)CNC1CCCCC1. The molecule has 0 bridgehead atoms. The van der Waals surface area contributed by atoms with Gasteiger partial charge in [-0.1, -0.05) is 37.5 Å². The number of aliphatic hydroxyl groups excluding tert-OH is 1. The van der Waals surface area contributed by atoms with Crippen LogP contribution in [0.4, 0.5) is 0 Å². The molecule has 3 nitrogen and oxygen atoms in total. The molecule has 1 saturated carbocycles. The normalized spacial score (nSPS) is 18.2. The minimum absolute atomic E-state index is 0.496. The second kappa shape index (κ2) is 7.51. The highest BCUT2D eigenvalue weighted by atomic mass is 16.5. The van der Waals surface area contributed by atoms with Gasteiger partial charge in [-0.05, 0) is 25.8 Å². The molecule has 0 radical (unpaired) electrons. The van der Waals surface area contributed by atoms with Crippen molar-refractivity contribution in [1.29, 1.82) is 0 Å². The van der Waals surface area contributed by atoms with Crippen LogP contribution in [-0.4, -0.2) is 24.3 Å². The Hall–Kier alpha value is -1.06. The average molecular weight is 263 g/mol. The zero-order valence-electron chi connectivity index (χ0n) is 11.8. The van der Waals surface area contributed by atoms with Crippen molar-refractivity contribution in [2.75, 3.05) is 13.2 Å². The van der Waals surface area contributed by atoms with E-state index in [1.807, 2.05) is 31.2 Å². The largest absolute Gasteiger partial charge is 0.493 e. The van der Waals surface area contributed by atoms with Crippen LogP contribution in [-0.2, 0) is 0 Å². The number of hydrogen-bond donors (Lipinski definition) is 2. The standard InChI is InChI=1S/C16H25NO2/c1-2-19-16-11-7-6-10-14(16)15(18)12-17-13-8-4-3-5-9-13/h6-7,10-11,13,15,17-18H,2-5,8-9,12H2,1H3. The zero-order valence-corrected chi connectivity index (χ0v) is 11.8. The maximum absolute atomic E-state index is 10.3. The highest BCUT2D eigenvalue weighted by Crippen LogP contribution is 2.25. The van der Waals surface area contributed by atoms with E-state index in [2.05, 4.69) is 5.32 Å². The van der Waals surface area contributed by atoms with Gasteiger partial charge in [-0.2, -0.15) is 0 Å². The summed E-state index contributed by atoms with van der Waals surface area (Å²) >= 11 is 0. The van der Waals surface area contributed by atoms with E-state index < -0.39 is 6.10 Å². The van der Waals surface area contributed by atoms with E-state index in [4.69, 9.17) is 4.74 Å². The highest BCUT2D eigenvalue weighted by molar-refractivity contribution is 5.35. The first-order chi connectivity index (χ1) is 9.31. The van der Waals surface area contributed by atoms with E-state index in [0.717, 1.165) is 11.3 Å². The molecule has 1 aromatic carbocycles. The monoisotopic (exact) mass is 263 g/mol. The number of para-hydroxylation sites is 1. The number of hydrogen-bond acceptors (Lipinski definition) is 3. The van der Waals surface area contributed by atoms with Crippen LogP contribution in [0.3, 0.4) is 0 Å². The van der Waals surface area contributed by atoms with Crippen LogP contribution in [0.15, 0.2) is 24.3 Å². The molecule has 1 atom stereocenters. The molecule has 106 valence electrons. The lowest BCUT2D eigenvalue weighted by Crippen LogP contribution is -2.34. The van der Waals surface area contributed by atoms with Gasteiger partial charge < -0.3 is 15.2 Å². The third-order valence-corrected chi connectivity index (χ3v) is 3.78. The Kier molecular flexibility index (Phi) is 5.67. The number of aliphatic hydroxyl groups is 1. The predicted octanol–water partition coefficient (Wildman–Crippen LogP) is 3.04. The lowest BCUT2D eigenvalue weighted by molar-refractivity contribution is 0.160. The van der Waals surface area contributed by atoms with E-state index >= 15 is 0 Å². The van der Waals surface area contributed by atoms with Crippen LogP contribution in [0.1, 0.15) is 50.7 Å². The Morgan fingerprint density at radius 2 is 2.00 bits per heavy atom. The average Bonchev–Trinajstić information content (AvgIpc) is 2.47. The third-order valence-electron chi connectivity index (χ3n) is 3.78. The number of rotatable bonds is 6. The molecule has 0 spiro atoms. The molecule has 1 aliphatic rings. The lowest BCUT2D eigenvalue weighted by atomic mass is 9.95. The van der Waals surface area contributed by atoms with Gasteiger partial charge in [0.05, 0.1) is 12.7 Å². The van der Waals surface area contributed by atoms with E-state index in [9.17, 15) is 5.11 Å². The molecule has 19 heavy (non-hydrogen) atoms. The van der Waals surface area contributed by atoms with Crippen LogP contribution in [0.5, 0.6) is 5.75 Å². The Labute approximate surface area is 116 Å². The topological polar surface area (TPSA) is 41.5 Å². The van der Waals surface area contributed by atoms with Crippen LogP contribution >= 0.6 is 0 Å². The summed E-state index contributed by atoms with van der Waals surface area (Å²) < 4.78 is 5.56. The number of ether oxygens (including phenoxy) is 1. The van der Waals surface area contributed by atoms with E-state index in [-0.39, 0.29) is 0 Å². The molecule has 1 unspecified atom stereocenters. The maximum Gasteiger partial charge on any atom is 0.125 e. The van der Waals surface area contributed by atoms with Gasteiger partial charge in [0.15, 0.2) is 0 Å². The molecule has 0 aromatic heterocycles. The lowest BCUT2D eigenvalue weighted by Gasteiger charge is -2.24. The summed E-state index contributed by atoms with van der Waals surface area (Å²) in [4.78, 5) is 0. The van der Waals surface area contributed by atoms with Crippen molar-refractivity contribution in [3.05, 3.63) is 29.8 Å². The van der Waals surface area contributed by atoms with E-state index in [1.165, 1.54) is 32.1 Å². The first-order valence-electron chi connectivity index (χ1n) is 7.44. The fourth-order valence-corrected chi connectivity index (χ4v) is 2.74. The van der Waals surface area contributed by atoms with Crippen molar-refractivity contribution in [2.24, 2.45) is 0 Å². The summed E-state index contributed by atoms with van der Waals surface area (Å²) in [6.45, 7) is 3.19. The molecular formula is C16H25NO2.